The molecule has 2 aliphatic rings. The predicted molar refractivity (Wildman–Crippen MR) is 171 cm³/mol. The lowest BCUT2D eigenvalue weighted by Crippen LogP contribution is -2.32. The molecule has 2 fully saturated rings. The molecule has 0 amide bonds. The monoisotopic (exact) mass is 545 g/mol. The van der Waals surface area contributed by atoms with E-state index >= 15 is 0 Å². The summed E-state index contributed by atoms with van der Waals surface area (Å²) in [6.45, 7) is 6.93. The average Bonchev–Trinajstić information content (AvgIpc) is 3.43. The van der Waals surface area contributed by atoms with E-state index in [1.54, 1.807) is 0 Å². The molecule has 0 radical (unpaired) electrons. The van der Waals surface area contributed by atoms with Crippen LogP contribution < -0.4 is 0 Å². The van der Waals surface area contributed by atoms with Crippen LogP contribution in [0, 0.1) is 5.92 Å². The number of fused-ring (bicyclic) bond motifs is 1. The van der Waals surface area contributed by atoms with Crippen molar-refractivity contribution in [3.63, 3.8) is 0 Å². The van der Waals surface area contributed by atoms with Crippen LogP contribution in [0.15, 0.2) is 24.3 Å². The van der Waals surface area contributed by atoms with Crippen molar-refractivity contribution in [1.29, 1.82) is 0 Å². The van der Waals surface area contributed by atoms with E-state index in [-0.39, 0.29) is 5.79 Å². The summed E-state index contributed by atoms with van der Waals surface area (Å²) in [6.07, 6.45) is 44.4. The normalized spacial score (nSPS) is 24.9. The minimum Gasteiger partial charge on any atom is -0.344 e. The van der Waals surface area contributed by atoms with Gasteiger partial charge in [-0.25, -0.2) is 0 Å². The van der Waals surface area contributed by atoms with Gasteiger partial charge in [0.25, 0.3) is 0 Å². The molecule has 4 atom stereocenters. The lowest BCUT2D eigenvalue weighted by molar-refractivity contribution is -0.192. The fraction of sp³-hybridized carbons (Fsp3) is 0.892. The Morgan fingerprint density at radius 2 is 0.897 bits per heavy atom. The smallest absolute Gasteiger partial charge is 0.169 e. The van der Waals surface area contributed by atoms with Crippen LogP contribution in [0.2, 0.25) is 0 Å². The number of ether oxygens (including phenoxy) is 2. The Morgan fingerprint density at radius 3 is 1.38 bits per heavy atom. The highest BCUT2D eigenvalue weighted by Crippen LogP contribution is 2.45. The number of hydrogen-bond donors (Lipinski definition) is 0. The van der Waals surface area contributed by atoms with Gasteiger partial charge in [-0.3, -0.25) is 0 Å². The molecule has 2 nitrogen and oxygen atoms in total. The Bertz CT molecular complexity index is 595. The second-order valence-corrected chi connectivity index (χ2v) is 13.1. The fourth-order valence-electron chi connectivity index (χ4n) is 6.65. The Balaban J connectivity index is 1.51. The van der Waals surface area contributed by atoms with Gasteiger partial charge in [-0.15, -0.1) is 0 Å². The summed E-state index contributed by atoms with van der Waals surface area (Å²) in [5, 5.41) is 0. The van der Waals surface area contributed by atoms with Gasteiger partial charge >= 0.3 is 0 Å². The highest BCUT2D eigenvalue weighted by atomic mass is 16.8. The molecule has 0 N–H and O–H groups in total. The first-order chi connectivity index (χ1) is 19.2. The summed E-state index contributed by atoms with van der Waals surface area (Å²) >= 11 is 0. The summed E-state index contributed by atoms with van der Waals surface area (Å²) < 4.78 is 13.4. The highest BCUT2D eigenvalue weighted by molar-refractivity contribution is 4.93. The van der Waals surface area contributed by atoms with Crippen LogP contribution >= 0.6 is 0 Å². The van der Waals surface area contributed by atoms with E-state index < -0.39 is 0 Å². The SMILES string of the molecule is CCCCC/C=C\C/C=C\CCCCCCCCC1(CCCCCCCCCCCC)O[C@H]2CC(C)C[C@H]2O1. The Labute approximate surface area is 245 Å². The summed E-state index contributed by atoms with van der Waals surface area (Å²) in [7, 11) is 0. The fourth-order valence-corrected chi connectivity index (χ4v) is 6.65. The molecule has 1 saturated heterocycles. The van der Waals surface area contributed by atoms with Gasteiger partial charge in [0.1, 0.15) is 0 Å². The largest absolute Gasteiger partial charge is 0.344 e. The molecule has 0 spiro atoms. The molecule has 0 aromatic carbocycles. The molecule has 1 aliphatic carbocycles. The molecule has 1 saturated carbocycles. The summed E-state index contributed by atoms with van der Waals surface area (Å²) in [5.74, 6) is 0.502. The van der Waals surface area contributed by atoms with Gasteiger partial charge in [0, 0.05) is 12.8 Å². The molecule has 2 rings (SSSR count). The molecule has 0 bridgehead atoms. The second kappa shape index (κ2) is 23.0. The second-order valence-electron chi connectivity index (χ2n) is 13.1. The molecule has 2 unspecified atom stereocenters. The number of rotatable bonds is 26. The zero-order chi connectivity index (χ0) is 27.9. The lowest BCUT2D eigenvalue weighted by atomic mass is 9.98. The molecule has 2 heteroatoms. The highest BCUT2D eigenvalue weighted by Gasteiger charge is 2.50. The molecule has 1 aliphatic heterocycles. The van der Waals surface area contributed by atoms with Crippen LogP contribution in [-0.2, 0) is 9.47 Å². The number of hydrogen-bond acceptors (Lipinski definition) is 2. The first kappa shape index (κ1) is 34.6. The van der Waals surface area contributed by atoms with Crippen molar-refractivity contribution < 1.29 is 9.47 Å². The molecular weight excluding hydrogens is 476 g/mol. The van der Waals surface area contributed by atoms with E-state index in [4.69, 9.17) is 9.47 Å². The minimum atomic E-state index is -0.259. The van der Waals surface area contributed by atoms with Crippen LogP contribution in [0.5, 0.6) is 0 Å². The van der Waals surface area contributed by atoms with Crippen LogP contribution in [0.1, 0.15) is 188 Å². The van der Waals surface area contributed by atoms with Gasteiger partial charge in [0.2, 0.25) is 0 Å². The lowest BCUT2D eigenvalue weighted by Gasteiger charge is -2.30. The van der Waals surface area contributed by atoms with Crippen molar-refractivity contribution in [2.45, 2.75) is 206 Å². The van der Waals surface area contributed by atoms with Gasteiger partial charge in [-0.05, 0) is 63.7 Å². The van der Waals surface area contributed by atoms with Crippen molar-refractivity contribution in [3.8, 4) is 0 Å². The Morgan fingerprint density at radius 1 is 0.513 bits per heavy atom. The molecule has 0 aromatic heterocycles. The minimum absolute atomic E-state index is 0.259. The molecular formula is C37H68O2. The van der Waals surface area contributed by atoms with Gasteiger partial charge in [-0.1, -0.05) is 141 Å². The number of unbranched alkanes of at least 4 members (excludes halogenated alkanes) is 18. The quantitative estimate of drug-likeness (QED) is 0.0796. The summed E-state index contributed by atoms with van der Waals surface area (Å²) in [5.41, 5.74) is 0. The zero-order valence-electron chi connectivity index (χ0n) is 26.7. The van der Waals surface area contributed by atoms with E-state index in [0.29, 0.717) is 12.2 Å². The van der Waals surface area contributed by atoms with Gasteiger partial charge < -0.3 is 9.47 Å². The zero-order valence-corrected chi connectivity index (χ0v) is 26.7. The van der Waals surface area contributed by atoms with E-state index in [2.05, 4.69) is 45.1 Å². The first-order valence-corrected chi connectivity index (χ1v) is 17.8. The Hall–Kier alpha value is -0.600. The number of allylic oxidation sites excluding steroid dienone is 4. The van der Waals surface area contributed by atoms with Gasteiger partial charge in [-0.2, -0.15) is 0 Å². The van der Waals surface area contributed by atoms with E-state index in [0.717, 1.165) is 25.2 Å². The molecule has 39 heavy (non-hydrogen) atoms. The molecule has 228 valence electrons. The maximum atomic E-state index is 6.72. The summed E-state index contributed by atoms with van der Waals surface area (Å²) in [4.78, 5) is 0. The molecule has 1 heterocycles. The van der Waals surface area contributed by atoms with Crippen molar-refractivity contribution in [3.05, 3.63) is 24.3 Å². The first-order valence-electron chi connectivity index (χ1n) is 17.8. The molecule has 0 aromatic rings. The standard InChI is InChI=1S/C37H68O2/c1-4-6-8-10-12-14-16-17-18-19-20-21-23-25-27-29-31-37(38-35-32-34(3)33-36(35)39-37)30-28-26-24-22-15-13-11-9-7-5-2/h12,14,17-18,34-36H,4-11,13,15-16,19-33H2,1-3H3/b14-12-,18-17-/t34?,35-,36+,37?. The van der Waals surface area contributed by atoms with Crippen LogP contribution in [-0.4, -0.2) is 18.0 Å². The third kappa shape index (κ3) is 16.4. The van der Waals surface area contributed by atoms with Crippen molar-refractivity contribution >= 4 is 0 Å². The topological polar surface area (TPSA) is 18.5 Å². The van der Waals surface area contributed by atoms with Crippen molar-refractivity contribution in [1.82, 2.24) is 0 Å². The van der Waals surface area contributed by atoms with Crippen LogP contribution in [0.25, 0.3) is 0 Å². The maximum absolute atomic E-state index is 6.72. The predicted octanol–water partition coefficient (Wildman–Crippen LogP) is 12.4. The van der Waals surface area contributed by atoms with E-state index in [9.17, 15) is 0 Å². The van der Waals surface area contributed by atoms with Crippen LogP contribution in [0.3, 0.4) is 0 Å². The third-order valence-electron chi connectivity index (χ3n) is 9.09. The maximum Gasteiger partial charge on any atom is 0.169 e. The Kier molecular flexibility index (Phi) is 20.4. The van der Waals surface area contributed by atoms with Gasteiger partial charge in [0.15, 0.2) is 5.79 Å². The third-order valence-corrected chi connectivity index (χ3v) is 9.09. The van der Waals surface area contributed by atoms with E-state index in [1.807, 2.05) is 0 Å². The van der Waals surface area contributed by atoms with Crippen molar-refractivity contribution in [2.24, 2.45) is 5.92 Å². The van der Waals surface area contributed by atoms with Gasteiger partial charge in [0.05, 0.1) is 12.2 Å². The van der Waals surface area contributed by atoms with Crippen LogP contribution in [0.4, 0.5) is 0 Å². The average molecular weight is 545 g/mol. The van der Waals surface area contributed by atoms with Crippen molar-refractivity contribution in [2.75, 3.05) is 0 Å². The van der Waals surface area contributed by atoms with E-state index in [1.165, 1.54) is 148 Å². The summed E-state index contributed by atoms with van der Waals surface area (Å²) in [6, 6.07) is 0.